The van der Waals surface area contributed by atoms with Crippen LogP contribution in [-0.4, -0.2) is 23.4 Å². The van der Waals surface area contributed by atoms with Gasteiger partial charge in [-0.3, -0.25) is 9.59 Å². The van der Waals surface area contributed by atoms with E-state index in [4.69, 9.17) is 14.2 Å². The summed E-state index contributed by atoms with van der Waals surface area (Å²) in [5.41, 5.74) is 3.07. The van der Waals surface area contributed by atoms with Crippen LogP contribution in [0.25, 0.3) is 17.0 Å². The number of fused-ring (bicyclic) bond motifs is 2. The van der Waals surface area contributed by atoms with Crippen molar-refractivity contribution in [3.05, 3.63) is 59.0 Å². The molecule has 0 N–H and O–H groups in total. The van der Waals surface area contributed by atoms with Gasteiger partial charge in [-0.05, 0) is 42.8 Å². The van der Waals surface area contributed by atoms with Crippen LogP contribution in [0.15, 0.2) is 42.3 Å². The van der Waals surface area contributed by atoms with E-state index in [9.17, 15) is 9.59 Å². The molecule has 0 saturated heterocycles. The van der Waals surface area contributed by atoms with Crippen molar-refractivity contribution < 1.29 is 23.8 Å². The van der Waals surface area contributed by atoms with Crippen LogP contribution in [0.5, 0.6) is 17.2 Å². The highest BCUT2D eigenvalue weighted by atomic mass is 16.5. The smallest absolute Gasteiger partial charge is 0.310 e. The standard InChI is InChI=1S/C23H21NO5/c1-5-21(25)28-16-8-13(2)22-19(11-16)29-20(23(22)26)9-14-12-24(3)18-7-6-15(27-4)10-17(14)18/h6-12H,5H2,1-4H3/b20-9-. The maximum atomic E-state index is 12.9. The summed E-state index contributed by atoms with van der Waals surface area (Å²) in [4.78, 5) is 24.5. The van der Waals surface area contributed by atoms with Crippen LogP contribution < -0.4 is 14.2 Å². The first-order valence-corrected chi connectivity index (χ1v) is 9.34. The molecule has 3 aromatic rings. The van der Waals surface area contributed by atoms with E-state index >= 15 is 0 Å². The molecule has 0 saturated carbocycles. The number of hydrogen-bond donors (Lipinski definition) is 0. The number of aromatic nitrogens is 1. The molecule has 0 amide bonds. The third-order valence-electron chi connectivity index (χ3n) is 4.98. The maximum absolute atomic E-state index is 12.9. The molecular weight excluding hydrogens is 370 g/mol. The molecule has 0 unspecified atom stereocenters. The SMILES string of the molecule is CCC(=O)Oc1cc(C)c2c(c1)O/C(=C\c1cn(C)c3ccc(OC)cc13)C2=O. The van der Waals surface area contributed by atoms with Crippen LogP contribution in [0.2, 0.25) is 0 Å². The van der Waals surface area contributed by atoms with Gasteiger partial charge < -0.3 is 18.8 Å². The van der Waals surface area contributed by atoms with Crippen molar-refractivity contribution in [3.8, 4) is 17.2 Å². The highest BCUT2D eigenvalue weighted by Gasteiger charge is 2.30. The van der Waals surface area contributed by atoms with E-state index in [1.54, 1.807) is 39.2 Å². The molecule has 0 radical (unpaired) electrons. The monoisotopic (exact) mass is 391 g/mol. The third kappa shape index (κ3) is 3.27. The van der Waals surface area contributed by atoms with Gasteiger partial charge in [-0.25, -0.2) is 0 Å². The number of methoxy groups -OCH3 is 1. The minimum Gasteiger partial charge on any atom is -0.497 e. The quantitative estimate of drug-likeness (QED) is 0.374. The van der Waals surface area contributed by atoms with Gasteiger partial charge in [-0.2, -0.15) is 0 Å². The molecule has 2 aromatic carbocycles. The van der Waals surface area contributed by atoms with Crippen LogP contribution in [0.3, 0.4) is 0 Å². The van der Waals surface area contributed by atoms with Crippen LogP contribution in [0, 0.1) is 6.92 Å². The number of Topliss-reactive ketones (excluding diaryl/α,β-unsaturated/α-hetero) is 1. The van der Waals surface area contributed by atoms with Crippen LogP contribution in [0.4, 0.5) is 0 Å². The van der Waals surface area contributed by atoms with Gasteiger partial charge in [-0.1, -0.05) is 6.92 Å². The zero-order valence-electron chi connectivity index (χ0n) is 16.7. The summed E-state index contributed by atoms with van der Waals surface area (Å²) in [6.45, 7) is 3.53. The number of aryl methyl sites for hydroxylation is 2. The van der Waals surface area contributed by atoms with Crippen molar-refractivity contribution in [3.63, 3.8) is 0 Å². The van der Waals surface area contributed by atoms with Gasteiger partial charge in [0.05, 0.1) is 12.7 Å². The number of carbonyl (C=O) groups is 2. The Morgan fingerprint density at radius 3 is 2.72 bits per heavy atom. The van der Waals surface area contributed by atoms with Crippen LogP contribution in [0.1, 0.15) is 34.8 Å². The Kier molecular flexibility index (Phi) is 4.62. The second kappa shape index (κ2) is 7.13. The zero-order valence-corrected chi connectivity index (χ0v) is 16.7. The second-order valence-corrected chi connectivity index (χ2v) is 6.96. The molecule has 0 bridgehead atoms. The largest absolute Gasteiger partial charge is 0.497 e. The lowest BCUT2D eigenvalue weighted by Gasteiger charge is -2.06. The second-order valence-electron chi connectivity index (χ2n) is 6.96. The first-order valence-electron chi connectivity index (χ1n) is 9.34. The number of rotatable bonds is 4. The highest BCUT2D eigenvalue weighted by Crippen LogP contribution is 2.38. The summed E-state index contributed by atoms with van der Waals surface area (Å²) in [6.07, 6.45) is 3.95. The van der Waals surface area contributed by atoms with Gasteiger partial charge in [0.25, 0.3) is 0 Å². The normalized spacial score (nSPS) is 14.2. The van der Waals surface area contributed by atoms with Crippen molar-refractivity contribution >= 4 is 28.7 Å². The number of hydrogen-bond acceptors (Lipinski definition) is 5. The summed E-state index contributed by atoms with van der Waals surface area (Å²) >= 11 is 0. The fourth-order valence-corrected chi connectivity index (χ4v) is 3.52. The Morgan fingerprint density at radius 2 is 2.00 bits per heavy atom. The number of esters is 1. The summed E-state index contributed by atoms with van der Waals surface area (Å²) in [6, 6.07) is 9.07. The van der Waals surface area contributed by atoms with Gasteiger partial charge >= 0.3 is 5.97 Å². The zero-order chi connectivity index (χ0) is 20.7. The number of nitrogens with zero attached hydrogens (tertiary/aromatic N) is 1. The van der Waals surface area contributed by atoms with Gasteiger partial charge in [0.2, 0.25) is 5.78 Å². The van der Waals surface area contributed by atoms with Crippen LogP contribution >= 0.6 is 0 Å². The molecule has 4 rings (SSSR count). The van der Waals surface area contributed by atoms with E-state index in [0.29, 0.717) is 22.6 Å². The number of ether oxygens (including phenoxy) is 3. The molecule has 2 heterocycles. The van der Waals surface area contributed by atoms with Crippen molar-refractivity contribution in [2.24, 2.45) is 7.05 Å². The maximum Gasteiger partial charge on any atom is 0.310 e. The number of ketones is 1. The number of allylic oxidation sites excluding steroid dienone is 1. The predicted molar refractivity (Wildman–Crippen MR) is 110 cm³/mol. The minimum atomic E-state index is -0.339. The number of carbonyl (C=O) groups excluding carboxylic acids is 2. The van der Waals surface area contributed by atoms with Gasteiger partial charge in [0.15, 0.2) is 5.76 Å². The molecular formula is C23H21NO5. The van der Waals surface area contributed by atoms with E-state index in [0.717, 1.165) is 22.2 Å². The third-order valence-corrected chi connectivity index (χ3v) is 4.98. The fraction of sp³-hybridized carbons (Fsp3) is 0.217. The van der Waals surface area contributed by atoms with E-state index in [1.165, 1.54) is 0 Å². The van der Waals surface area contributed by atoms with Crippen molar-refractivity contribution in [2.75, 3.05) is 7.11 Å². The minimum absolute atomic E-state index is 0.189. The molecule has 6 nitrogen and oxygen atoms in total. The van der Waals surface area contributed by atoms with Gasteiger partial charge in [-0.15, -0.1) is 0 Å². The first-order chi connectivity index (χ1) is 13.9. The molecule has 1 aliphatic rings. The summed E-state index contributed by atoms with van der Waals surface area (Å²) in [5, 5.41) is 0.959. The van der Waals surface area contributed by atoms with Crippen molar-refractivity contribution in [1.29, 1.82) is 0 Å². The Morgan fingerprint density at radius 1 is 1.21 bits per heavy atom. The van der Waals surface area contributed by atoms with Gasteiger partial charge in [0, 0.05) is 42.2 Å². The lowest BCUT2D eigenvalue weighted by molar-refractivity contribution is -0.134. The topological polar surface area (TPSA) is 66.8 Å². The average Bonchev–Trinajstić information content (AvgIpc) is 3.18. The predicted octanol–water partition coefficient (Wildman–Crippen LogP) is 4.43. The molecule has 1 aromatic heterocycles. The fourth-order valence-electron chi connectivity index (χ4n) is 3.52. The molecule has 29 heavy (non-hydrogen) atoms. The van der Waals surface area contributed by atoms with E-state index in [1.807, 2.05) is 36.0 Å². The molecule has 0 spiro atoms. The number of benzene rings is 2. The molecule has 6 heteroatoms. The molecule has 1 aliphatic heterocycles. The highest BCUT2D eigenvalue weighted by molar-refractivity contribution is 6.16. The molecule has 148 valence electrons. The summed E-state index contributed by atoms with van der Waals surface area (Å²) in [5.74, 6) is 1.22. The Hall–Kier alpha value is -3.54. The van der Waals surface area contributed by atoms with E-state index < -0.39 is 0 Å². The average molecular weight is 391 g/mol. The van der Waals surface area contributed by atoms with E-state index in [2.05, 4.69) is 0 Å². The molecule has 0 aliphatic carbocycles. The summed E-state index contributed by atoms with van der Waals surface area (Å²) < 4.78 is 18.4. The van der Waals surface area contributed by atoms with Crippen LogP contribution in [-0.2, 0) is 11.8 Å². The van der Waals surface area contributed by atoms with E-state index in [-0.39, 0.29) is 23.9 Å². The van der Waals surface area contributed by atoms with Crippen molar-refractivity contribution in [1.82, 2.24) is 4.57 Å². The Bertz CT molecular complexity index is 1190. The molecule has 0 fully saturated rings. The lowest BCUT2D eigenvalue weighted by Crippen LogP contribution is -2.06. The summed E-state index contributed by atoms with van der Waals surface area (Å²) in [7, 11) is 3.57. The first kappa shape index (κ1) is 18.8. The van der Waals surface area contributed by atoms with Gasteiger partial charge in [0.1, 0.15) is 17.2 Å². The molecule has 0 atom stereocenters. The lowest BCUT2D eigenvalue weighted by atomic mass is 10.0. The Balaban J connectivity index is 1.74. The Labute approximate surface area is 168 Å². The van der Waals surface area contributed by atoms with Crippen molar-refractivity contribution in [2.45, 2.75) is 20.3 Å².